The summed E-state index contributed by atoms with van der Waals surface area (Å²) in [5.74, 6) is 0.966. The summed E-state index contributed by atoms with van der Waals surface area (Å²) in [5, 5.41) is 0. The second kappa shape index (κ2) is 5.85. The highest BCUT2D eigenvalue weighted by molar-refractivity contribution is 7.73. The number of rotatable bonds is 2. The van der Waals surface area contributed by atoms with E-state index in [1.807, 2.05) is 12.1 Å². The Hall–Kier alpha value is -2.51. The van der Waals surface area contributed by atoms with Crippen LogP contribution in [-0.4, -0.2) is 11.4 Å². The minimum Gasteiger partial charge on any atom is -0.454 e. The third-order valence-electron chi connectivity index (χ3n) is 3.60. The first-order valence-electron chi connectivity index (χ1n) is 7.05. The molecule has 120 valence electrons. The number of ether oxygens (including phenoxy) is 2. The Balaban J connectivity index is 1.81. The predicted molar refractivity (Wildman–Crippen MR) is 92.3 cm³/mol. The quantitative estimate of drug-likeness (QED) is 0.644. The maximum absolute atomic E-state index is 13.1. The molecule has 7 heteroatoms. The van der Waals surface area contributed by atoms with E-state index in [4.69, 9.17) is 21.7 Å². The number of aromatic nitrogens is 1. The lowest BCUT2D eigenvalue weighted by Crippen LogP contribution is -2.17. The van der Waals surface area contributed by atoms with Gasteiger partial charge in [-0.15, -0.1) is 11.3 Å². The van der Waals surface area contributed by atoms with Crippen LogP contribution in [0.1, 0.15) is 0 Å². The molecule has 3 aromatic rings. The van der Waals surface area contributed by atoms with Crippen molar-refractivity contribution in [1.29, 1.82) is 0 Å². The largest absolute Gasteiger partial charge is 0.454 e. The minimum absolute atomic E-state index is 0.195. The van der Waals surface area contributed by atoms with E-state index >= 15 is 0 Å². The Bertz CT molecular complexity index is 1010. The van der Waals surface area contributed by atoms with Gasteiger partial charge in [0.1, 0.15) is 5.82 Å². The normalized spacial score (nSPS) is 12.4. The van der Waals surface area contributed by atoms with Gasteiger partial charge < -0.3 is 9.47 Å². The minimum atomic E-state index is -0.363. The second-order valence-electron chi connectivity index (χ2n) is 5.09. The maximum Gasteiger partial charge on any atom is 0.258 e. The molecule has 0 saturated heterocycles. The van der Waals surface area contributed by atoms with Crippen LogP contribution in [0.5, 0.6) is 11.5 Å². The highest BCUT2D eigenvalue weighted by Gasteiger charge is 2.15. The van der Waals surface area contributed by atoms with E-state index in [1.165, 1.54) is 46.2 Å². The van der Waals surface area contributed by atoms with E-state index in [0.29, 0.717) is 21.1 Å². The van der Waals surface area contributed by atoms with Crippen LogP contribution in [0, 0.1) is 9.77 Å². The molecule has 1 aromatic heterocycles. The molecule has 0 spiro atoms. The van der Waals surface area contributed by atoms with Crippen molar-refractivity contribution in [3.8, 4) is 27.6 Å². The summed E-state index contributed by atoms with van der Waals surface area (Å²) in [7, 11) is 0. The summed E-state index contributed by atoms with van der Waals surface area (Å²) in [6.45, 7) is 0.195. The summed E-state index contributed by atoms with van der Waals surface area (Å²) in [5.41, 5.74) is 1.11. The van der Waals surface area contributed by atoms with Gasteiger partial charge in [0.15, 0.2) is 15.5 Å². The number of hydrogen-bond acceptors (Lipinski definition) is 5. The molecule has 0 amide bonds. The molecule has 0 atom stereocenters. The van der Waals surface area contributed by atoms with Crippen molar-refractivity contribution in [2.45, 2.75) is 0 Å². The summed E-state index contributed by atoms with van der Waals surface area (Å²) >= 11 is 6.68. The molecule has 0 aliphatic carbocycles. The first kappa shape index (κ1) is 15.0. The zero-order valence-corrected chi connectivity index (χ0v) is 13.8. The molecule has 0 fully saturated rings. The number of halogens is 1. The zero-order chi connectivity index (χ0) is 16.7. The Morgan fingerprint density at radius 1 is 1.04 bits per heavy atom. The van der Waals surface area contributed by atoms with E-state index in [2.05, 4.69) is 0 Å². The number of hydrogen-bond donors (Lipinski definition) is 0. The van der Waals surface area contributed by atoms with Crippen LogP contribution in [0.4, 0.5) is 4.39 Å². The number of benzene rings is 2. The molecular weight excluding hydrogens is 349 g/mol. The Morgan fingerprint density at radius 3 is 2.54 bits per heavy atom. The Morgan fingerprint density at radius 2 is 1.79 bits per heavy atom. The summed E-state index contributed by atoms with van der Waals surface area (Å²) in [6, 6.07) is 12.7. The standard InChI is InChI=1S/C17H10FNO3S2/c18-11-2-4-12(5-3-11)19-16(20)8-15(24-17(19)23)10-1-6-13-14(7-10)22-9-21-13/h1-8H,9H2. The average Bonchev–Trinajstić information content (AvgIpc) is 3.03. The molecule has 0 radical (unpaired) electrons. The van der Waals surface area contributed by atoms with E-state index in [0.717, 1.165) is 10.4 Å². The lowest BCUT2D eigenvalue weighted by atomic mass is 10.1. The molecule has 0 unspecified atom stereocenters. The summed E-state index contributed by atoms with van der Waals surface area (Å²) in [4.78, 5) is 13.2. The fourth-order valence-electron chi connectivity index (χ4n) is 2.45. The van der Waals surface area contributed by atoms with Gasteiger partial charge in [-0.05, 0) is 60.2 Å². The molecule has 1 aliphatic heterocycles. The lowest BCUT2D eigenvalue weighted by Gasteiger charge is -2.08. The number of fused-ring (bicyclic) bond motifs is 1. The van der Waals surface area contributed by atoms with E-state index < -0.39 is 0 Å². The topological polar surface area (TPSA) is 40.5 Å². The van der Waals surface area contributed by atoms with Crippen LogP contribution in [0.2, 0.25) is 0 Å². The molecule has 2 aromatic carbocycles. The van der Waals surface area contributed by atoms with Gasteiger partial charge in [0, 0.05) is 10.9 Å². The molecule has 0 N–H and O–H groups in total. The molecule has 4 nitrogen and oxygen atoms in total. The first-order valence-corrected chi connectivity index (χ1v) is 8.27. The van der Waals surface area contributed by atoms with Crippen molar-refractivity contribution >= 4 is 23.6 Å². The van der Waals surface area contributed by atoms with Crippen LogP contribution in [0.25, 0.3) is 16.1 Å². The van der Waals surface area contributed by atoms with Gasteiger partial charge in [0.2, 0.25) is 6.79 Å². The molecule has 0 saturated carbocycles. The van der Waals surface area contributed by atoms with Gasteiger partial charge in [-0.1, -0.05) is 0 Å². The van der Waals surface area contributed by atoms with Crippen LogP contribution < -0.4 is 15.0 Å². The molecule has 4 rings (SSSR count). The van der Waals surface area contributed by atoms with Crippen LogP contribution in [0.15, 0.2) is 53.3 Å². The molecule has 1 aliphatic rings. The smallest absolute Gasteiger partial charge is 0.258 e. The third-order valence-corrected chi connectivity index (χ3v) is 4.96. The van der Waals surface area contributed by atoms with Crippen LogP contribution >= 0.6 is 23.6 Å². The van der Waals surface area contributed by atoms with Gasteiger partial charge in [-0.3, -0.25) is 9.36 Å². The van der Waals surface area contributed by atoms with Gasteiger partial charge in [-0.2, -0.15) is 0 Å². The van der Waals surface area contributed by atoms with Crippen LogP contribution in [0.3, 0.4) is 0 Å². The Kier molecular flexibility index (Phi) is 3.66. The van der Waals surface area contributed by atoms with Crippen molar-refractivity contribution in [3.05, 3.63) is 68.7 Å². The number of nitrogens with zero attached hydrogens (tertiary/aromatic N) is 1. The van der Waals surface area contributed by atoms with E-state index in [9.17, 15) is 9.18 Å². The second-order valence-corrected chi connectivity index (χ2v) is 6.77. The van der Waals surface area contributed by atoms with Crippen molar-refractivity contribution in [1.82, 2.24) is 4.57 Å². The summed E-state index contributed by atoms with van der Waals surface area (Å²) in [6.07, 6.45) is 0. The monoisotopic (exact) mass is 359 g/mol. The predicted octanol–water partition coefficient (Wildman–Crippen LogP) is 4.16. The van der Waals surface area contributed by atoms with E-state index in [1.54, 1.807) is 6.07 Å². The molecular formula is C17H10FNO3S2. The van der Waals surface area contributed by atoms with Gasteiger partial charge in [0.05, 0.1) is 5.69 Å². The van der Waals surface area contributed by atoms with Crippen molar-refractivity contribution in [3.63, 3.8) is 0 Å². The molecule has 2 heterocycles. The third kappa shape index (κ3) is 2.61. The van der Waals surface area contributed by atoms with E-state index in [-0.39, 0.29) is 18.2 Å². The fraction of sp³-hybridized carbons (Fsp3) is 0.0588. The van der Waals surface area contributed by atoms with Crippen molar-refractivity contribution < 1.29 is 13.9 Å². The van der Waals surface area contributed by atoms with Crippen LogP contribution in [-0.2, 0) is 0 Å². The lowest BCUT2D eigenvalue weighted by molar-refractivity contribution is 0.174. The average molecular weight is 359 g/mol. The molecule has 0 bridgehead atoms. The zero-order valence-electron chi connectivity index (χ0n) is 12.2. The van der Waals surface area contributed by atoms with Gasteiger partial charge >= 0.3 is 0 Å². The Labute approximate surface area is 145 Å². The van der Waals surface area contributed by atoms with Gasteiger partial charge in [0.25, 0.3) is 5.56 Å². The maximum atomic E-state index is 13.1. The first-order chi connectivity index (χ1) is 11.6. The fourth-order valence-corrected chi connectivity index (χ4v) is 3.79. The molecule has 24 heavy (non-hydrogen) atoms. The highest BCUT2D eigenvalue weighted by Crippen LogP contribution is 2.36. The SMILES string of the molecule is O=c1cc(-c2ccc3c(c2)OCO3)sc(=S)n1-c1ccc(F)cc1. The van der Waals surface area contributed by atoms with Crippen molar-refractivity contribution in [2.24, 2.45) is 0 Å². The van der Waals surface area contributed by atoms with Gasteiger partial charge in [-0.25, -0.2) is 4.39 Å². The summed E-state index contributed by atoms with van der Waals surface area (Å²) < 4.78 is 25.5. The highest BCUT2D eigenvalue weighted by atomic mass is 32.1. The van der Waals surface area contributed by atoms with Crippen molar-refractivity contribution in [2.75, 3.05) is 6.79 Å².